The second kappa shape index (κ2) is 3.44. The van der Waals surface area contributed by atoms with Gasteiger partial charge in [-0.05, 0) is 24.7 Å². The highest BCUT2D eigenvalue weighted by Gasteiger charge is 2.30. The number of nitrogens with one attached hydrogen (secondary N) is 1. The Kier molecular flexibility index (Phi) is 2.30. The van der Waals surface area contributed by atoms with Crippen LogP contribution in [0.25, 0.3) is 0 Å². The number of hydrogen-bond donors (Lipinski definition) is 1. The topological polar surface area (TPSA) is 38.3 Å². The van der Waals surface area contributed by atoms with Crippen LogP contribution in [0.4, 0.5) is 0 Å². The van der Waals surface area contributed by atoms with Crippen molar-refractivity contribution >= 4 is 5.91 Å². The Morgan fingerprint density at radius 1 is 1.25 bits per heavy atom. The Labute approximate surface area is 72.5 Å². The van der Waals surface area contributed by atoms with Crippen molar-refractivity contribution in [1.29, 1.82) is 0 Å². The molecular weight excluding hydrogens is 154 g/mol. The maximum absolute atomic E-state index is 11.0. The lowest BCUT2D eigenvalue weighted by atomic mass is 9.85. The van der Waals surface area contributed by atoms with Gasteiger partial charge in [-0.25, -0.2) is 0 Å². The van der Waals surface area contributed by atoms with Crippen LogP contribution in [-0.4, -0.2) is 25.7 Å². The number of amides is 1. The maximum Gasteiger partial charge on any atom is 0.220 e. The number of carbonyl (C=O) groups excluding carboxylic acids is 1. The predicted octanol–water partition coefficient (Wildman–Crippen LogP) is 0.549. The third-order valence-electron chi connectivity index (χ3n) is 2.94. The molecule has 68 valence electrons. The zero-order valence-electron chi connectivity index (χ0n) is 7.21. The Morgan fingerprint density at radius 3 is 2.58 bits per heavy atom. The van der Waals surface area contributed by atoms with E-state index in [2.05, 4.69) is 5.32 Å². The average molecular weight is 169 g/mol. The monoisotopic (exact) mass is 169 g/mol. The summed E-state index contributed by atoms with van der Waals surface area (Å²) in [5.74, 6) is 1.53. The fraction of sp³-hybridized carbons (Fsp3) is 0.889. The molecule has 0 aromatic heterocycles. The number of ether oxygens (including phenoxy) is 1. The van der Waals surface area contributed by atoms with Gasteiger partial charge in [-0.2, -0.15) is 0 Å². The summed E-state index contributed by atoms with van der Waals surface area (Å²) >= 11 is 0. The molecule has 1 amide bonds. The molecule has 2 heterocycles. The van der Waals surface area contributed by atoms with Gasteiger partial charge in [0.2, 0.25) is 5.91 Å². The van der Waals surface area contributed by atoms with Gasteiger partial charge in [0.15, 0.2) is 0 Å². The fourth-order valence-corrected chi connectivity index (χ4v) is 2.15. The quantitative estimate of drug-likeness (QED) is 0.622. The molecule has 0 bridgehead atoms. The normalized spacial score (nSPS) is 32.0. The molecule has 1 atom stereocenters. The SMILES string of the molecule is O=C1CC(C2CCOCC2)CN1. The van der Waals surface area contributed by atoms with Gasteiger partial charge in [0, 0.05) is 26.2 Å². The van der Waals surface area contributed by atoms with E-state index in [0.717, 1.165) is 44.9 Å². The van der Waals surface area contributed by atoms with Crippen molar-refractivity contribution in [2.75, 3.05) is 19.8 Å². The van der Waals surface area contributed by atoms with Crippen LogP contribution in [0.5, 0.6) is 0 Å². The molecule has 0 aromatic rings. The van der Waals surface area contributed by atoms with Crippen LogP contribution >= 0.6 is 0 Å². The molecule has 1 unspecified atom stereocenters. The maximum atomic E-state index is 11.0. The molecule has 0 aromatic carbocycles. The molecule has 0 spiro atoms. The van der Waals surface area contributed by atoms with Crippen LogP contribution in [0.1, 0.15) is 19.3 Å². The molecule has 2 aliphatic heterocycles. The minimum absolute atomic E-state index is 0.228. The highest BCUT2D eigenvalue weighted by atomic mass is 16.5. The van der Waals surface area contributed by atoms with Gasteiger partial charge in [-0.3, -0.25) is 4.79 Å². The van der Waals surface area contributed by atoms with Crippen LogP contribution < -0.4 is 5.32 Å². The zero-order chi connectivity index (χ0) is 8.39. The van der Waals surface area contributed by atoms with Gasteiger partial charge in [-0.15, -0.1) is 0 Å². The molecule has 2 fully saturated rings. The predicted molar refractivity (Wildman–Crippen MR) is 44.7 cm³/mol. The second-order valence-corrected chi connectivity index (χ2v) is 3.72. The van der Waals surface area contributed by atoms with Crippen LogP contribution in [0.15, 0.2) is 0 Å². The fourth-order valence-electron chi connectivity index (χ4n) is 2.15. The van der Waals surface area contributed by atoms with Gasteiger partial charge in [0.1, 0.15) is 0 Å². The summed E-state index contributed by atoms with van der Waals surface area (Å²) in [4.78, 5) is 11.0. The van der Waals surface area contributed by atoms with E-state index in [1.54, 1.807) is 0 Å². The van der Waals surface area contributed by atoms with E-state index in [1.807, 2.05) is 0 Å². The summed E-state index contributed by atoms with van der Waals surface area (Å²) in [6, 6.07) is 0. The first-order chi connectivity index (χ1) is 5.86. The van der Waals surface area contributed by atoms with Crippen LogP contribution in [0, 0.1) is 11.8 Å². The summed E-state index contributed by atoms with van der Waals surface area (Å²) in [5.41, 5.74) is 0. The van der Waals surface area contributed by atoms with E-state index in [9.17, 15) is 4.79 Å². The van der Waals surface area contributed by atoms with E-state index < -0.39 is 0 Å². The molecule has 2 saturated heterocycles. The molecule has 12 heavy (non-hydrogen) atoms. The summed E-state index contributed by atoms with van der Waals surface area (Å²) in [6.45, 7) is 2.66. The minimum Gasteiger partial charge on any atom is -0.381 e. The first-order valence-corrected chi connectivity index (χ1v) is 4.70. The molecule has 2 aliphatic rings. The summed E-state index contributed by atoms with van der Waals surface area (Å²) in [7, 11) is 0. The van der Waals surface area contributed by atoms with Crippen LogP contribution in [0.3, 0.4) is 0 Å². The third kappa shape index (κ3) is 1.61. The molecule has 3 nitrogen and oxygen atoms in total. The Bertz CT molecular complexity index is 175. The lowest BCUT2D eigenvalue weighted by molar-refractivity contribution is -0.119. The summed E-state index contributed by atoms with van der Waals surface area (Å²) in [5, 5.41) is 2.89. The van der Waals surface area contributed by atoms with Crippen molar-refractivity contribution in [3.63, 3.8) is 0 Å². The van der Waals surface area contributed by atoms with Crippen molar-refractivity contribution in [1.82, 2.24) is 5.32 Å². The van der Waals surface area contributed by atoms with Gasteiger partial charge in [0.25, 0.3) is 0 Å². The lowest BCUT2D eigenvalue weighted by Crippen LogP contribution is -2.24. The van der Waals surface area contributed by atoms with Gasteiger partial charge in [-0.1, -0.05) is 0 Å². The average Bonchev–Trinajstić information content (AvgIpc) is 2.54. The molecule has 3 heteroatoms. The lowest BCUT2D eigenvalue weighted by Gasteiger charge is -2.26. The van der Waals surface area contributed by atoms with E-state index in [-0.39, 0.29) is 5.91 Å². The highest BCUT2D eigenvalue weighted by molar-refractivity contribution is 5.78. The van der Waals surface area contributed by atoms with Crippen molar-refractivity contribution in [2.45, 2.75) is 19.3 Å². The van der Waals surface area contributed by atoms with Crippen molar-refractivity contribution in [3.8, 4) is 0 Å². The molecule has 2 rings (SSSR count). The van der Waals surface area contributed by atoms with Crippen LogP contribution in [-0.2, 0) is 9.53 Å². The summed E-state index contributed by atoms with van der Waals surface area (Å²) < 4.78 is 5.28. The zero-order valence-corrected chi connectivity index (χ0v) is 7.21. The van der Waals surface area contributed by atoms with Gasteiger partial charge >= 0.3 is 0 Å². The second-order valence-electron chi connectivity index (χ2n) is 3.72. The van der Waals surface area contributed by atoms with E-state index >= 15 is 0 Å². The number of rotatable bonds is 1. The highest BCUT2D eigenvalue weighted by Crippen LogP contribution is 2.28. The Balaban J connectivity index is 1.86. The van der Waals surface area contributed by atoms with Gasteiger partial charge < -0.3 is 10.1 Å². The van der Waals surface area contributed by atoms with Crippen molar-refractivity contribution in [3.05, 3.63) is 0 Å². The van der Waals surface area contributed by atoms with Crippen molar-refractivity contribution in [2.24, 2.45) is 11.8 Å². The third-order valence-corrected chi connectivity index (χ3v) is 2.94. The molecule has 0 saturated carbocycles. The number of hydrogen-bond acceptors (Lipinski definition) is 2. The molecular formula is C9H15NO2. The first-order valence-electron chi connectivity index (χ1n) is 4.70. The molecule has 1 N–H and O–H groups in total. The standard InChI is InChI=1S/C9H15NO2/c11-9-5-8(6-10-9)7-1-3-12-4-2-7/h7-8H,1-6H2,(H,10,11). The molecule has 0 radical (unpaired) electrons. The van der Waals surface area contributed by atoms with E-state index in [0.29, 0.717) is 5.92 Å². The Morgan fingerprint density at radius 2 is 2.00 bits per heavy atom. The smallest absolute Gasteiger partial charge is 0.220 e. The Hall–Kier alpha value is -0.570. The van der Waals surface area contributed by atoms with Crippen molar-refractivity contribution < 1.29 is 9.53 Å². The molecule has 0 aliphatic carbocycles. The van der Waals surface area contributed by atoms with E-state index in [1.165, 1.54) is 0 Å². The first kappa shape index (κ1) is 8.05. The summed E-state index contributed by atoms with van der Waals surface area (Å²) in [6.07, 6.45) is 3.02. The van der Waals surface area contributed by atoms with Gasteiger partial charge in [0.05, 0.1) is 0 Å². The number of carbonyl (C=O) groups is 1. The minimum atomic E-state index is 0.228. The van der Waals surface area contributed by atoms with Crippen LogP contribution in [0.2, 0.25) is 0 Å². The largest absolute Gasteiger partial charge is 0.381 e. The van der Waals surface area contributed by atoms with E-state index in [4.69, 9.17) is 4.74 Å².